The lowest BCUT2D eigenvalue weighted by Gasteiger charge is -2.32. The number of rotatable bonds is 12. The monoisotopic (exact) mass is 548 g/mol. The summed E-state index contributed by atoms with van der Waals surface area (Å²) in [4.78, 5) is 62.6. The highest BCUT2D eigenvalue weighted by molar-refractivity contribution is 5.98. The van der Waals surface area contributed by atoms with E-state index in [1.54, 1.807) is 6.92 Å². The minimum atomic E-state index is -1.82. The topological polar surface area (TPSA) is 157 Å². The number of aromatic hydroxyl groups is 1. The van der Waals surface area contributed by atoms with E-state index >= 15 is 0 Å². The summed E-state index contributed by atoms with van der Waals surface area (Å²) in [6.45, 7) is 8.70. The number of esters is 3. The molecule has 1 aliphatic rings. The van der Waals surface area contributed by atoms with E-state index in [1.807, 2.05) is 13.8 Å². The van der Waals surface area contributed by atoms with Gasteiger partial charge in [-0.15, -0.1) is 0 Å². The zero-order chi connectivity index (χ0) is 29.2. The van der Waals surface area contributed by atoms with Crippen molar-refractivity contribution in [1.82, 2.24) is 5.32 Å². The number of unbranched alkanes of at least 4 members (excludes halogenated alkanes) is 3. The van der Waals surface area contributed by atoms with Crippen molar-refractivity contribution in [3.8, 4) is 5.75 Å². The Balaban J connectivity index is 2.35. The number of amides is 2. The third-order valence-corrected chi connectivity index (χ3v) is 6.34. The van der Waals surface area contributed by atoms with Crippen LogP contribution in [0.5, 0.6) is 5.75 Å². The lowest BCUT2D eigenvalue weighted by Crippen LogP contribution is -2.51. The summed E-state index contributed by atoms with van der Waals surface area (Å²) in [7, 11) is 0. The summed E-state index contributed by atoms with van der Waals surface area (Å²) in [5.74, 6) is -4.18. The predicted molar refractivity (Wildman–Crippen MR) is 142 cm³/mol. The minimum Gasteiger partial charge on any atom is -0.507 e. The van der Waals surface area contributed by atoms with E-state index in [4.69, 9.17) is 14.2 Å². The van der Waals surface area contributed by atoms with Crippen molar-refractivity contribution in [1.29, 1.82) is 0 Å². The first-order valence-electron chi connectivity index (χ1n) is 13.4. The van der Waals surface area contributed by atoms with Crippen LogP contribution in [0.2, 0.25) is 0 Å². The zero-order valence-corrected chi connectivity index (χ0v) is 23.3. The third-order valence-electron chi connectivity index (χ3n) is 6.34. The molecule has 0 radical (unpaired) electrons. The summed E-state index contributed by atoms with van der Waals surface area (Å²) < 4.78 is 17.0. The van der Waals surface area contributed by atoms with Gasteiger partial charge in [0.25, 0.3) is 5.91 Å². The number of phenolic OH excluding ortho intramolecular Hbond substituents is 1. The van der Waals surface area contributed by atoms with Crippen LogP contribution >= 0.6 is 0 Å². The first-order chi connectivity index (χ1) is 18.4. The quantitative estimate of drug-likeness (QED) is 0.153. The molecule has 1 aliphatic heterocycles. The standard InChI is InChI=1S/C28H40N2O9/c1-6-7-8-9-10-21-25(38-23(33)13-17(2)3)18(4)37-24(34)15-28(5,39-27(21)36)30-26(35)20-12-11-19(29-16-31)14-22(20)32/h11-12,14,16-18,21,25,32H,6-10,13,15H2,1-5H3,(H,29,31)(H,30,35). The van der Waals surface area contributed by atoms with Gasteiger partial charge in [0.1, 0.15) is 18.3 Å². The molecular formula is C28H40N2O9. The number of anilines is 1. The predicted octanol–water partition coefficient (Wildman–Crippen LogP) is 3.83. The fourth-order valence-corrected chi connectivity index (χ4v) is 4.43. The van der Waals surface area contributed by atoms with Gasteiger partial charge in [-0.1, -0.05) is 46.5 Å². The molecule has 0 bridgehead atoms. The second kappa shape index (κ2) is 14.5. The summed E-state index contributed by atoms with van der Waals surface area (Å²) >= 11 is 0. The summed E-state index contributed by atoms with van der Waals surface area (Å²) in [6, 6.07) is 3.86. The van der Waals surface area contributed by atoms with Gasteiger partial charge in [-0.25, -0.2) is 0 Å². The van der Waals surface area contributed by atoms with Crippen molar-refractivity contribution in [3.63, 3.8) is 0 Å². The molecule has 0 spiro atoms. The van der Waals surface area contributed by atoms with Crippen LogP contribution in [0.4, 0.5) is 5.69 Å². The van der Waals surface area contributed by atoms with Crippen molar-refractivity contribution in [2.24, 2.45) is 11.8 Å². The number of phenols is 1. The molecule has 2 rings (SSSR count). The number of carbonyl (C=O) groups is 5. The van der Waals surface area contributed by atoms with E-state index in [1.165, 1.54) is 25.1 Å². The van der Waals surface area contributed by atoms with E-state index in [0.29, 0.717) is 19.3 Å². The van der Waals surface area contributed by atoms with E-state index < -0.39 is 59.8 Å². The van der Waals surface area contributed by atoms with Crippen molar-refractivity contribution < 1.29 is 43.3 Å². The zero-order valence-electron chi connectivity index (χ0n) is 23.3. The molecule has 11 nitrogen and oxygen atoms in total. The highest BCUT2D eigenvalue weighted by Gasteiger charge is 2.45. The molecule has 216 valence electrons. The average Bonchev–Trinajstić information content (AvgIpc) is 2.84. The van der Waals surface area contributed by atoms with Gasteiger partial charge in [-0.2, -0.15) is 0 Å². The van der Waals surface area contributed by atoms with Crippen LogP contribution in [0.1, 0.15) is 89.9 Å². The van der Waals surface area contributed by atoms with Gasteiger partial charge >= 0.3 is 17.9 Å². The first kappa shape index (κ1) is 31.6. The average molecular weight is 549 g/mol. The van der Waals surface area contributed by atoms with Crippen molar-refractivity contribution in [2.75, 3.05) is 5.32 Å². The Morgan fingerprint density at radius 3 is 2.56 bits per heavy atom. The van der Waals surface area contributed by atoms with Crippen LogP contribution in [-0.2, 0) is 33.4 Å². The molecular weight excluding hydrogens is 508 g/mol. The van der Waals surface area contributed by atoms with Crippen LogP contribution in [-0.4, -0.2) is 53.3 Å². The number of hydrogen-bond acceptors (Lipinski definition) is 9. The number of ether oxygens (including phenoxy) is 3. The maximum atomic E-state index is 13.5. The van der Waals surface area contributed by atoms with Crippen LogP contribution < -0.4 is 10.6 Å². The minimum absolute atomic E-state index is 0.0276. The van der Waals surface area contributed by atoms with Crippen LogP contribution in [0.25, 0.3) is 0 Å². The van der Waals surface area contributed by atoms with Crippen LogP contribution in [0.3, 0.4) is 0 Å². The van der Waals surface area contributed by atoms with Gasteiger partial charge in [-0.05, 0) is 38.3 Å². The van der Waals surface area contributed by atoms with Crippen LogP contribution in [0, 0.1) is 11.8 Å². The molecule has 39 heavy (non-hydrogen) atoms. The summed E-state index contributed by atoms with van der Waals surface area (Å²) in [5, 5.41) is 15.2. The number of carbonyl (C=O) groups excluding carboxylic acids is 5. The molecule has 3 N–H and O–H groups in total. The first-order valence-corrected chi connectivity index (χ1v) is 13.4. The van der Waals surface area contributed by atoms with Gasteiger partial charge in [0.15, 0.2) is 11.8 Å². The molecule has 0 saturated carbocycles. The molecule has 1 heterocycles. The largest absolute Gasteiger partial charge is 0.507 e. The number of nitrogens with one attached hydrogen (secondary N) is 2. The molecule has 1 aromatic carbocycles. The Morgan fingerprint density at radius 1 is 1.23 bits per heavy atom. The highest BCUT2D eigenvalue weighted by atomic mass is 16.6. The van der Waals surface area contributed by atoms with Crippen molar-refractivity contribution >= 4 is 35.9 Å². The fraction of sp³-hybridized carbons (Fsp3) is 0.607. The van der Waals surface area contributed by atoms with Gasteiger partial charge in [0.05, 0.1) is 11.5 Å². The molecule has 0 aliphatic carbocycles. The van der Waals surface area contributed by atoms with Gasteiger partial charge in [-0.3, -0.25) is 24.0 Å². The Bertz CT molecular complexity index is 1040. The van der Waals surface area contributed by atoms with E-state index in [9.17, 15) is 29.1 Å². The molecule has 0 aromatic heterocycles. The lowest BCUT2D eigenvalue weighted by atomic mass is 9.91. The Morgan fingerprint density at radius 2 is 1.95 bits per heavy atom. The van der Waals surface area contributed by atoms with E-state index in [-0.39, 0.29) is 23.6 Å². The maximum Gasteiger partial charge on any atom is 0.314 e. The summed E-state index contributed by atoms with van der Waals surface area (Å²) in [5.41, 5.74) is -1.72. The van der Waals surface area contributed by atoms with E-state index in [0.717, 1.165) is 19.3 Å². The Hall–Kier alpha value is -3.63. The Kier molecular flexibility index (Phi) is 11.7. The SMILES string of the molecule is CCCCCCC1C(=O)OC(C)(NC(=O)c2ccc(NC=O)cc2O)CC(=O)OC(C)C1OC(=O)CC(C)C. The normalized spacial score (nSPS) is 23.5. The Labute approximate surface area is 228 Å². The molecule has 1 fully saturated rings. The molecule has 2 amide bonds. The van der Waals surface area contributed by atoms with Crippen molar-refractivity contribution in [3.05, 3.63) is 23.8 Å². The third kappa shape index (κ3) is 9.56. The van der Waals surface area contributed by atoms with Crippen LogP contribution in [0.15, 0.2) is 18.2 Å². The highest BCUT2D eigenvalue weighted by Crippen LogP contribution is 2.30. The van der Waals surface area contributed by atoms with Gasteiger partial charge in [0, 0.05) is 18.2 Å². The second-order valence-electron chi connectivity index (χ2n) is 10.5. The van der Waals surface area contributed by atoms with Gasteiger partial charge in [0.2, 0.25) is 6.41 Å². The molecule has 1 saturated heterocycles. The molecule has 4 atom stereocenters. The lowest BCUT2D eigenvalue weighted by molar-refractivity contribution is -0.177. The number of cyclic esters (lactones) is 2. The molecule has 1 aromatic rings. The van der Waals surface area contributed by atoms with E-state index in [2.05, 4.69) is 17.6 Å². The number of hydrogen-bond donors (Lipinski definition) is 3. The maximum absolute atomic E-state index is 13.5. The summed E-state index contributed by atoms with van der Waals surface area (Å²) in [6.07, 6.45) is 1.83. The second-order valence-corrected chi connectivity index (χ2v) is 10.5. The molecule has 4 unspecified atom stereocenters. The number of benzene rings is 1. The fourth-order valence-electron chi connectivity index (χ4n) is 4.43. The smallest absolute Gasteiger partial charge is 0.314 e. The van der Waals surface area contributed by atoms with Gasteiger partial charge < -0.3 is 30.0 Å². The molecule has 11 heteroatoms. The van der Waals surface area contributed by atoms with Crippen molar-refractivity contribution in [2.45, 2.75) is 97.5 Å².